The van der Waals surface area contributed by atoms with Crippen LogP contribution in [0, 0.1) is 24.1 Å². The fraction of sp³-hybridized carbons (Fsp3) is 0.591. The summed E-state index contributed by atoms with van der Waals surface area (Å²) in [6.07, 6.45) is 7.03. The second-order valence-corrected chi connectivity index (χ2v) is 18.0. The first kappa shape index (κ1) is 36.8. The SMILES string of the molecule is CC[C@]1(O)C[C@@H]2CN(CCc3c([nH]c4ccc(F)cc34)[C@@](C)(c3cc4c(cc3C)NC3[C@]45CCN4CC=C[C@@](CC)([C@@H](OC(C)=O)[C@]3(O)C(=O)OC)[C@H]45)C2)C1. The Morgan fingerprint density at radius 1 is 1.07 bits per heavy atom. The number of aliphatic hydroxyl groups is 2. The number of aryl methyl sites for hydroxylation is 1. The average Bonchev–Trinajstić information content (AvgIpc) is 3.83. The molecule has 2 bridgehead atoms. The summed E-state index contributed by atoms with van der Waals surface area (Å²) in [5.74, 6) is -1.47. The molecule has 1 aliphatic carbocycles. The number of carbonyl (C=O) groups is 2. The maximum Gasteiger partial charge on any atom is 0.344 e. The molecule has 6 heterocycles. The van der Waals surface area contributed by atoms with Gasteiger partial charge in [0.25, 0.3) is 0 Å². The van der Waals surface area contributed by atoms with Gasteiger partial charge in [-0.1, -0.05) is 32.1 Å². The Labute approximate surface area is 322 Å². The van der Waals surface area contributed by atoms with Crippen molar-refractivity contribution in [1.82, 2.24) is 14.8 Å². The van der Waals surface area contributed by atoms with E-state index in [-0.39, 0.29) is 17.8 Å². The number of hydrogen-bond acceptors (Lipinski definition) is 9. The van der Waals surface area contributed by atoms with Crippen molar-refractivity contribution in [2.45, 2.75) is 113 Å². The Balaban J connectivity index is 1.29. The summed E-state index contributed by atoms with van der Waals surface area (Å²) in [5.41, 5.74) is 1.96. The van der Waals surface area contributed by atoms with Crippen LogP contribution in [0.3, 0.4) is 0 Å². The molecule has 10 nitrogen and oxygen atoms in total. The number of nitrogens with one attached hydrogen (secondary N) is 2. The standard InChI is InChI=1S/C44H55FN4O6/c1-7-41(52)22-27-21-40(5,35-29(12-16-48(23-27)24-41)30-19-28(45)10-11-33(30)46-35)31-20-32-34(18-25(31)3)47-36-43(32)14-17-49-15-9-13-42(8-2,37(43)49)38(55-26(4)50)44(36,53)39(51)54-6/h9-11,13,18-20,27,36-38,46-47,52-53H,7-8,12,14-17,21-24H2,1-6H3/t27-,36?,37+,38-,40-,41+,42-,43+,44+/m1/s1. The zero-order valence-electron chi connectivity index (χ0n) is 32.9. The Hall–Kier alpha value is -3.77. The van der Waals surface area contributed by atoms with E-state index in [1.54, 1.807) is 6.07 Å². The minimum Gasteiger partial charge on any atom is -0.467 e. The van der Waals surface area contributed by atoms with Gasteiger partial charge in [0, 0.05) is 77.7 Å². The Bertz CT molecular complexity index is 2140. The van der Waals surface area contributed by atoms with Crippen LogP contribution in [0.25, 0.3) is 10.9 Å². The van der Waals surface area contributed by atoms with E-state index in [1.165, 1.54) is 20.1 Å². The average molecular weight is 755 g/mol. The highest BCUT2D eigenvalue weighted by Gasteiger charge is 2.79. The molecule has 2 aromatic carbocycles. The van der Waals surface area contributed by atoms with Crippen LogP contribution < -0.4 is 5.32 Å². The van der Waals surface area contributed by atoms with Gasteiger partial charge in [-0.05, 0) is 111 Å². The molecular formula is C44H55FN4O6. The summed E-state index contributed by atoms with van der Waals surface area (Å²) in [7, 11) is 1.28. The van der Waals surface area contributed by atoms with Crippen LogP contribution in [0.4, 0.5) is 10.1 Å². The quantitative estimate of drug-likeness (QED) is 0.204. The molecule has 2 unspecified atom stereocenters. The van der Waals surface area contributed by atoms with E-state index in [9.17, 15) is 24.2 Å². The molecule has 1 spiro atoms. The number of nitrogens with zero attached hydrogens (tertiary/aromatic N) is 2. The summed E-state index contributed by atoms with van der Waals surface area (Å²) in [6, 6.07) is 8.48. The molecule has 9 rings (SSSR count). The number of benzene rings is 2. The van der Waals surface area contributed by atoms with E-state index >= 15 is 0 Å². The number of hydrogen-bond donors (Lipinski definition) is 4. The van der Waals surface area contributed by atoms with E-state index in [1.807, 2.05) is 13.0 Å². The van der Waals surface area contributed by atoms with Crippen molar-refractivity contribution in [3.63, 3.8) is 0 Å². The summed E-state index contributed by atoms with van der Waals surface area (Å²) >= 11 is 0. The molecule has 0 amide bonds. The smallest absolute Gasteiger partial charge is 0.344 e. The van der Waals surface area contributed by atoms with E-state index in [0.29, 0.717) is 45.2 Å². The molecule has 5 aliphatic heterocycles. The first-order valence-electron chi connectivity index (χ1n) is 20.2. The number of anilines is 1. The van der Waals surface area contributed by atoms with E-state index in [0.717, 1.165) is 70.6 Å². The third-order valence-electron chi connectivity index (χ3n) is 15.1. The van der Waals surface area contributed by atoms with Gasteiger partial charge < -0.3 is 30.0 Å². The minimum absolute atomic E-state index is 0.190. The van der Waals surface area contributed by atoms with Crippen LogP contribution in [-0.2, 0) is 36.3 Å². The van der Waals surface area contributed by atoms with Crippen molar-refractivity contribution in [2.75, 3.05) is 45.2 Å². The molecule has 11 heteroatoms. The highest BCUT2D eigenvalue weighted by molar-refractivity contribution is 5.88. The van der Waals surface area contributed by atoms with Crippen LogP contribution in [0.2, 0.25) is 0 Å². The minimum atomic E-state index is -2.20. The first-order valence-corrected chi connectivity index (χ1v) is 20.2. The molecular weight excluding hydrogens is 700 g/mol. The number of carbonyl (C=O) groups excluding carboxylic acids is 2. The number of halogens is 1. The summed E-state index contributed by atoms with van der Waals surface area (Å²) in [4.78, 5) is 35.6. The fourth-order valence-electron chi connectivity index (χ4n) is 13.0. The molecule has 55 heavy (non-hydrogen) atoms. The predicted octanol–water partition coefficient (Wildman–Crippen LogP) is 5.25. The zero-order valence-corrected chi connectivity index (χ0v) is 32.9. The van der Waals surface area contributed by atoms with Crippen molar-refractivity contribution in [3.05, 3.63) is 76.2 Å². The second-order valence-electron chi connectivity index (χ2n) is 18.0. The van der Waals surface area contributed by atoms with Gasteiger partial charge in [0.1, 0.15) is 5.82 Å². The maximum absolute atomic E-state index is 15.0. The molecule has 2 saturated heterocycles. The normalized spacial score (nSPS) is 38.8. The summed E-state index contributed by atoms with van der Waals surface area (Å²) < 4.78 is 26.5. The molecule has 294 valence electrons. The monoisotopic (exact) mass is 754 g/mol. The maximum atomic E-state index is 15.0. The molecule has 10 atom stereocenters. The largest absolute Gasteiger partial charge is 0.467 e. The number of rotatable bonds is 5. The molecule has 0 radical (unpaired) electrons. The number of methoxy groups -OCH3 is 1. The number of aromatic amines is 1. The van der Waals surface area contributed by atoms with Crippen LogP contribution in [-0.4, -0.2) is 106 Å². The van der Waals surface area contributed by atoms with Crippen molar-refractivity contribution >= 4 is 28.5 Å². The Morgan fingerprint density at radius 2 is 1.87 bits per heavy atom. The van der Waals surface area contributed by atoms with Gasteiger partial charge in [-0.15, -0.1) is 0 Å². The topological polar surface area (TPSA) is 127 Å². The van der Waals surface area contributed by atoms with Crippen LogP contribution in [0.15, 0.2) is 42.5 Å². The van der Waals surface area contributed by atoms with Crippen LogP contribution in [0.5, 0.6) is 0 Å². The van der Waals surface area contributed by atoms with Gasteiger partial charge in [-0.2, -0.15) is 0 Å². The van der Waals surface area contributed by atoms with Crippen LogP contribution in [0.1, 0.15) is 87.7 Å². The molecule has 1 saturated carbocycles. The molecule has 4 N–H and O–H groups in total. The van der Waals surface area contributed by atoms with Gasteiger partial charge in [0.2, 0.25) is 5.60 Å². The lowest BCUT2D eigenvalue weighted by Crippen LogP contribution is -2.80. The van der Waals surface area contributed by atoms with Gasteiger partial charge in [0.05, 0.1) is 18.8 Å². The Kier molecular flexibility index (Phi) is 8.28. The lowest BCUT2D eigenvalue weighted by Gasteiger charge is -2.62. The van der Waals surface area contributed by atoms with E-state index in [4.69, 9.17) is 9.47 Å². The number of H-pyrrole nitrogens is 1. The molecule has 3 aromatic rings. The third-order valence-corrected chi connectivity index (χ3v) is 15.1. The number of fused-ring (bicyclic) bond motifs is 6. The van der Waals surface area contributed by atoms with Gasteiger partial charge >= 0.3 is 11.9 Å². The van der Waals surface area contributed by atoms with Crippen LogP contribution >= 0.6 is 0 Å². The number of piperidine rings is 1. The van der Waals surface area contributed by atoms with Gasteiger partial charge in [-0.3, -0.25) is 14.6 Å². The van der Waals surface area contributed by atoms with Gasteiger partial charge in [0.15, 0.2) is 6.10 Å². The van der Waals surface area contributed by atoms with Crippen molar-refractivity contribution in [1.29, 1.82) is 0 Å². The van der Waals surface area contributed by atoms with Crippen molar-refractivity contribution < 1.29 is 33.7 Å². The number of aromatic nitrogens is 1. The molecule has 6 aliphatic rings. The highest BCUT2D eigenvalue weighted by Crippen LogP contribution is 2.66. The highest BCUT2D eigenvalue weighted by atomic mass is 19.1. The Morgan fingerprint density at radius 3 is 2.60 bits per heavy atom. The van der Waals surface area contributed by atoms with E-state index in [2.05, 4.69) is 65.2 Å². The molecule has 1 aromatic heterocycles. The summed E-state index contributed by atoms with van der Waals surface area (Å²) in [5, 5.41) is 29.4. The van der Waals surface area contributed by atoms with Gasteiger partial charge in [-0.25, -0.2) is 9.18 Å². The second kappa shape index (κ2) is 12.4. The zero-order chi connectivity index (χ0) is 38.9. The predicted molar refractivity (Wildman–Crippen MR) is 207 cm³/mol. The first-order chi connectivity index (χ1) is 26.2. The van der Waals surface area contributed by atoms with Crippen molar-refractivity contribution in [2.24, 2.45) is 11.3 Å². The number of esters is 2. The lowest BCUT2D eigenvalue weighted by molar-refractivity contribution is -0.226. The lowest BCUT2D eigenvalue weighted by atomic mass is 9.47. The van der Waals surface area contributed by atoms with Crippen molar-refractivity contribution in [3.8, 4) is 0 Å². The molecule has 3 fully saturated rings. The number of ether oxygens (including phenoxy) is 2. The fourth-order valence-corrected chi connectivity index (χ4v) is 13.0. The third kappa shape index (κ3) is 4.91. The van der Waals surface area contributed by atoms with E-state index < -0.39 is 51.5 Å². The summed E-state index contributed by atoms with van der Waals surface area (Å²) in [6.45, 7) is 13.6.